The Morgan fingerprint density at radius 2 is 2.18 bits per heavy atom. The van der Waals surface area contributed by atoms with Crippen molar-refractivity contribution in [2.45, 2.75) is 43.5 Å². The number of thioether (sulfide) groups is 1. The molecule has 0 bridgehead atoms. The fraction of sp³-hybridized carbons (Fsp3) is 0.529. The van der Waals surface area contributed by atoms with Crippen LogP contribution in [0.25, 0.3) is 0 Å². The number of fused-ring (bicyclic) bond motifs is 1. The van der Waals surface area contributed by atoms with Crippen LogP contribution in [0.5, 0.6) is 0 Å². The van der Waals surface area contributed by atoms with Gasteiger partial charge >= 0.3 is 0 Å². The molecule has 118 valence electrons. The molecule has 1 aliphatic carbocycles. The standard InChI is InChI=1S/C17H22N2O2S/c1-12-5-4-6-13(9-12)18-16(20)10-19-14-7-2-3-8-15(14)22-11-17(19)21/h2-3,7-8,12-13H,4-6,9-11H2,1H3,(H,18,20). The molecule has 5 heteroatoms. The monoisotopic (exact) mass is 318 g/mol. The van der Waals surface area contributed by atoms with Gasteiger partial charge in [0.15, 0.2) is 0 Å². The van der Waals surface area contributed by atoms with Crippen molar-refractivity contribution in [1.29, 1.82) is 0 Å². The highest BCUT2D eigenvalue weighted by molar-refractivity contribution is 8.00. The molecule has 1 aromatic rings. The topological polar surface area (TPSA) is 49.4 Å². The first kappa shape index (κ1) is 15.4. The fourth-order valence-electron chi connectivity index (χ4n) is 3.31. The minimum Gasteiger partial charge on any atom is -0.352 e. The Bertz CT molecular complexity index is 576. The molecule has 1 aliphatic heterocycles. The molecular formula is C17H22N2O2S. The van der Waals surface area contributed by atoms with Gasteiger partial charge in [0.25, 0.3) is 0 Å². The molecule has 1 N–H and O–H groups in total. The number of hydrogen-bond acceptors (Lipinski definition) is 3. The lowest BCUT2D eigenvalue weighted by atomic mass is 9.87. The summed E-state index contributed by atoms with van der Waals surface area (Å²) in [7, 11) is 0. The Balaban J connectivity index is 1.65. The maximum atomic E-state index is 12.3. The summed E-state index contributed by atoms with van der Waals surface area (Å²) in [6.07, 6.45) is 4.53. The summed E-state index contributed by atoms with van der Waals surface area (Å²) in [5.41, 5.74) is 0.857. The number of rotatable bonds is 3. The number of anilines is 1. The molecular weight excluding hydrogens is 296 g/mol. The fourth-order valence-corrected chi connectivity index (χ4v) is 4.25. The number of carbonyl (C=O) groups excluding carboxylic acids is 2. The molecule has 4 nitrogen and oxygen atoms in total. The average Bonchev–Trinajstić information content (AvgIpc) is 2.50. The maximum absolute atomic E-state index is 12.3. The predicted octanol–water partition coefficient (Wildman–Crippen LogP) is 2.82. The largest absolute Gasteiger partial charge is 0.352 e. The molecule has 1 fully saturated rings. The minimum absolute atomic E-state index is 0.0101. The van der Waals surface area contributed by atoms with Gasteiger partial charge in [-0.25, -0.2) is 0 Å². The van der Waals surface area contributed by atoms with E-state index in [1.165, 1.54) is 12.8 Å². The van der Waals surface area contributed by atoms with Crippen LogP contribution in [-0.4, -0.2) is 30.2 Å². The number of nitrogens with zero attached hydrogens (tertiary/aromatic N) is 1. The van der Waals surface area contributed by atoms with E-state index in [2.05, 4.69) is 12.2 Å². The lowest BCUT2D eigenvalue weighted by molar-refractivity contribution is -0.123. The van der Waals surface area contributed by atoms with E-state index < -0.39 is 0 Å². The minimum atomic E-state index is -0.0471. The summed E-state index contributed by atoms with van der Waals surface area (Å²) in [4.78, 5) is 27.2. The second-order valence-corrected chi connectivity index (χ2v) is 7.29. The van der Waals surface area contributed by atoms with Crippen LogP contribution in [-0.2, 0) is 9.59 Å². The molecule has 0 aromatic heterocycles. The van der Waals surface area contributed by atoms with Gasteiger partial charge in [0, 0.05) is 10.9 Å². The van der Waals surface area contributed by atoms with Crippen molar-refractivity contribution in [2.24, 2.45) is 5.92 Å². The Hall–Kier alpha value is -1.49. The average molecular weight is 318 g/mol. The first-order valence-corrected chi connectivity index (χ1v) is 8.93. The van der Waals surface area contributed by atoms with E-state index >= 15 is 0 Å². The number of benzene rings is 1. The number of amides is 2. The predicted molar refractivity (Wildman–Crippen MR) is 89.1 cm³/mol. The molecule has 22 heavy (non-hydrogen) atoms. The van der Waals surface area contributed by atoms with Crippen molar-refractivity contribution in [2.75, 3.05) is 17.2 Å². The summed E-state index contributed by atoms with van der Waals surface area (Å²) >= 11 is 1.54. The zero-order chi connectivity index (χ0) is 15.5. The van der Waals surface area contributed by atoms with E-state index in [0.717, 1.165) is 23.4 Å². The van der Waals surface area contributed by atoms with Gasteiger partial charge in [-0.3, -0.25) is 9.59 Å². The van der Waals surface area contributed by atoms with Crippen molar-refractivity contribution < 1.29 is 9.59 Å². The molecule has 0 saturated heterocycles. The lowest BCUT2D eigenvalue weighted by Gasteiger charge is -2.31. The zero-order valence-electron chi connectivity index (χ0n) is 12.9. The molecule has 1 aromatic carbocycles. The van der Waals surface area contributed by atoms with Crippen LogP contribution in [0.3, 0.4) is 0 Å². The highest BCUT2D eigenvalue weighted by atomic mass is 32.2. The number of hydrogen-bond donors (Lipinski definition) is 1. The van der Waals surface area contributed by atoms with Crippen molar-refractivity contribution >= 4 is 29.3 Å². The summed E-state index contributed by atoms with van der Waals surface area (Å²) in [5, 5.41) is 3.11. The van der Waals surface area contributed by atoms with Crippen molar-refractivity contribution in [3.8, 4) is 0 Å². The Morgan fingerprint density at radius 1 is 1.36 bits per heavy atom. The van der Waals surface area contributed by atoms with Gasteiger partial charge in [-0.05, 0) is 30.9 Å². The lowest BCUT2D eigenvalue weighted by Crippen LogP contribution is -2.46. The third-order valence-electron chi connectivity index (χ3n) is 4.41. The first-order chi connectivity index (χ1) is 10.6. The quantitative estimate of drug-likeness (QED) is 0.932. The van der Waals surface area contributed by atoms with Crippen LogP contribution in [0, 0.1) is 5.92 Å². The molecule has 2 atom stereocenters. The molecule has 0 spiro atoms. The van der Waals surface area contributed by atoms with Gasteiger partial charge in [-0.1, -0.05) is 31.9 Å². The van der Waals surface area contributed by atoms with Crippen molar-refractivity contribution in [1.82, 2.24) is 5.32 Å². The van der Waals surface area contributed by atoms with Crippen molar-refractivity contribution in [3.63, 3.8) is 0 Å². The molecule has 2 aliphatic rings. The third-order valence-corrected chi connectivity index (χ3v) is 5.46. The van der Waals surface area contributed by atoms with Crippen LogP contribution in [0.1, 0.15) is 32.6 Å². The van der Waals surface area contributed by atoms with Crippen LogP contribution in [0.15, 0.2) is 29.2 Å². The summed E-state index contributed by atoms with van der Waals surface area (Å²) in [6, 6.07) is 8.05. The first-order valence-electron chi connectivity index (χ1n) is 7.95. The smallest absolute Gasteiger partial charge is 0.240 e. The Labute approximate surface area is 135 Å². The second kappa shape index (κ2) is 6.73. The molecule has 2 unspecified atom stereocenters. The highest BCUT2D eigenvalue weighted by Crippen LogP contribution is 2.34. The SMILES string of the molecule is CC1CCCC(NC(=O)CN2C(=O)CSc3ccccc32)C1. The molecule has 3 rings (SSSR count). The van der Waals surface area contributed by atoms with Gasteiger partial charge in [0.2, 0.25) is 11.8 Å². The number of carbonyl (C=O) groups is 2. The normalized spacial score (nSPS) is 24.8. The van der Waals surface area contributed by atoms with E-state index in [-0.39, 0.29) is 24.4 Å². The number of nitrogens with one attached hydrogen (secondary N) is 1. The summed E-state index contributed by atoms with van der Waals surface area (Å²) in [5.74, 6) is 1.04. The van der Waals surface area contributed by atoms with E-state index in [9.17, 15) is 9.59 Å². The van der Waals surface area contributed by atoms with E-state index in [0.29, 0.717) is 11.7 Å². The number of para-hydroxylation sites is 1. The van der Waals surface area contributed by atoms with Gasteiger partial charge < -0.3 is 10.2 Å². The molecule has 1 saturated carbocycles. The van der Waals surface area contributed by atoms with E-state index in [4.69, 9.17) is 0 Å². The Kier molecular flexibility index (Phi) is 4.71. The van der Waals surface area contributed by atoms with E-state index in [1.54, 1.807) is 16.7 Å². The van der Waals surface area contributed by atoms with Gasteiger partial charge in [0.05, 0.1) is 11.4 Å². The molecule has 2 amide bonds. The zero-order valence-corrected chi connectivity index (χ0v) is 13.7. The van der Waals surface area contributed by atoms with Gasteiger partial charge in [-0.15, -0.1) is 11.8 Å². The maximum Gasteiger partial charge on any atom is 0.240 e. The Morgan fingerprint density at radius 3 is 3.00 bits per heavy atom. The van der Waals surface area contributed by atoms with Gasteiger partial charge in [-0.2, -0.15) is 0 Å². The molecule has 0 radical (unpaired) electrons. The van der Waals surface area contributed by atoms with E-state index in [1.807, 2.05) is 24.3 Å². The van der Waals surface area contributed by atoms with Crippen LogP contribution in [0.4, 0.5) is 5.69 Å². The second-order valence-electron chi connectivity index (χ2n) is 6.27. The van der Waals surface area contributed by atoms with Crippen molar-refractivity contribution in [3.05, 3.63) is 24.3 Å². The third kappa shape index (κ3) is 3.46. The molecule has 1 heterocycles. The van der Waals surface area contributed by atoms with Gasteiger partial charge in [0.1, 0.15) is 6.54 Å². The van der Waals surface area contributed by atoms with Crippen LogP contribution in [0.2, 0.25) is 0 Å². The highest BCUT2D eigenvalue weighted by Gasteiger charge is 2.27. The summed E-state index contributed by atoms with van der Waals surface area (Å²) < 4.78 is 0. The van der Waals surface area contributed by atoms with Crippen LogP contribution < -0.4 is 10.2 Å². The summed E-state index contributed by atoms with van der Waals surface area (Å²) in [6.45, 7) is 2.36. The van der Waals surface area contributed by atoms with Crippen LogP contribution >= 0.6 is 11.8 Å².